The Morgan fingerprint density at radius 2 is 1.41 bits per heavy atom. The summed E-state index contributed by atoms with van der Waals surface area (Å²) < 4.78 is 13.0. The molecule has 196 valence electrons. The standard InChI is InChI=1S/C34H31ClN2O2/c35-31-23-30-28(16-19-36-33(30)38-25-27-12-6-2-7-13-27)22-32(31)39-34(29-14-8-3-9-15-29)17-20-37(21-18-34)24-26-10-4-1-5-11-26/h1-16,19,22-23H,17-18,20-21,24-25H2. The summed E-state index contributed by atoms with van der Waals surface area (Å²) in [6, 6.07) is 37.2. The van der Waals surface area contributed by atoms with Crippen LogP contribution < -0.4 is 9.47 Å². The van der Waals surface area contributed by atoms with Gasteiger partial charge in [0.1, 0.15) is 18.0 Å². The molecule has 5 heteroatoms. The van der Waals surface area contributed by atoms with Crippen LogP contribution in [-0.2, 0) is 18.8 Å². The lowest BCUT2D eigenvalue weighted by atomic mass is 9.84. The Kier molecular flexibility index (Phi) is 7.49. The van der Waals surface area contributed by atoms with Crippen LogP contribution in [0.2, 0.25) is 5.02 Å². The van der Waals surface area contributed by atoms with Gasteiger partial charge in [0, 0.05) is 44.1 Å². The minimum absolute atomic E-state index is 0.444. The third-order valence-corrected chi connectivity index (χ3v) is 7.81. The van der Waals surface area contributed by atoms with Crippen LogP contribution in [0, 0.1) is 0 Å². The molecule has 4 nitrogen and oxygen atoms in total. The molecule has 0 bridgehead atoms. The zero-order valence-corrected chi connectivity index (χ0v) is 22.6. The number of halogens is 1. The molecule has 1 fully saturated rings. The number of fused-ring (bicyclic) bond motifs is 1. The van der Waals surface area contributed by atoms with E-state index < -0.39 is 5.60 Å². The number of rotatable bonds is 8. The van der Waals surface area contributed by atoms with Gasteiger partial charge in [0.05, 0.1) is 5.02 Å². The molecule has 0 saturated carbocycles. The average molecular weight is 535 g/mol. The van der Waals surface area contributed by atoms with Gasteiger partial charge < -0.3 is 9.47 Å². The third kappa shape index (κ3) is 5.78. The fourth-order valence-electron chi connectivity index (χ4n) is 5.38. The van der Waals surface area contributed by atoms with Crippen molar-refractivity contribution < 1.29 is 9.47 Å². The highest BCUT2D eigenvalue weighted by Crippen LogP contribution is 2.42. The predicted octanol–water partition coefficient (Wildman–Crippen LogP) is 8.04. The lowest BCUT2D eigenvalue weighted by Gasteiger charge is -2.42. The number of ether oxygens (including phenoxy) is 2. The quantitative estimate of drug-likeness (QED) is 0.202. The highest BCUT2D eigenvalue weighted by molar-refractivity contribution is 6.33. The number of hydrogen-bond donors (Lipinski definition) is 0. The van der Waals surface area contributed by atoms with Crippen molar-refractivity contribution in [2.75, 3.05) is 13.1 Å². The molecule has 0 aliphatic carbocycles. The molecule has 0 atom stereocenters. The van der Waals surface area contributed by atoms with Crippen molar-refractivity contribution in [2.45, 2.75) is 31.6 Å². The van der Waals surface area contributed by atoms with Crippen LogP contribution in [0.4, 0.5) is 0 Å². The second kappa shape index (κ2) is 11.5. The molecule has 1 saturated heterocycles. The van der Waals surface area contributed by atoms with E-state index in [0.29, 0.717) is 23.3 Å². The third-order valence-electron chi connectivity index (χ3n) is 7.52. The number of hydrogen-bond acceptors (Lipinski definition) is 4. The number of likely N-dealkylation sites (tertiary alicyclic amines) is 1. The summed E-state index contributed by atoms with van der Waals surface area (Å²) in [5, 5.41) is 2.41. The van der Waals surface area contributed by atoms with E-state index in [1.54, 1.807) is 6.20 Å². The summed E-state index contributed by atoms with van der Waals surface area (Å²) in [6.07, 6.45) is 3.52. The van der Waals surface area contributed by atoms with E-state index >= 15 is 0 Å². The van der Waals surface area contributed by atoms with Gasteiger partial charge >= 0.3 is 0 Å². The molecule has 39 heavy (non-hydrogen) atoms. The van der Waals surface area contributed by atoms with Gasteiger partial charge in [0.15, 0.2) is 0 Å². The number of nitrogens with zero attached hydrogens (tertiary/aromatic N) is 2. The Bertz CT molecular complexity index is 1520. The van der Waals surface area contributed by atoms with Crippen LogP contribution in [0.15, 0.2) is 115 Å². The van der Waals surface area contributed by atoms with Crippen LogP contribution in [0.3, 0.4) is 0 Å². The van der Waals surface area contributed by atoms with E-state index in [-0.39, 0.29) is 0 Å². The van der Waals surface area contributed by atoms with Crippen molar-refractivity contribution in [3.8, 4) is 11.6 Å². The molecule has 0 radical (unpaired) electrons. The minimum atomic E-state index is -0.453. The zero-order chi connectivity index (χ0) is 26.5. The molecule has 1 aliphatic heterocycles. The Morgan fingerprint density at radius 3 is 2.10 bits per heavy atom. The number of benzene rings is 4. The van der Waals surface area contributed by atoms with Gasteiger partial charge in [-0.25, -0.2) is 4.98 Å². The first-order valence-corrected chi connectivity index (χ1v) is 13.8. The number of piperidine rings is 1. The molecule has 4 aromatic carbocycles. The summed E-state index contributed by atoms with van der Waals surface area (Å²) in [5.41, 5.74) is 3.15. The topological polar surface area (TPSA) is 34.6 Å². The maximum atomic E-state index is 6.92. The molecular weight excluding hydrogens is 504 g/mol. The molecule has 0 spiro atoms. The average Bonchev–Trinajstić information content (AvgIpc) is 2.99. The summed E-state index contributed by atoms with van der Waals surface area (Å²) in [6.45, 7) is 3.27. The van der Waals surface area contributed by atoms with Crippen LogP contribution in [-0.4, -0.2) is 23.0 Å². The van der Waals surface area contributed by atoms with Gasteiger partial charge in [-0.1, -0.05) is 103 Å². The lowest BCUT2D eigenvalue weighted by Crippen LogP contribution is -2.45. The fourth-order valence-corrected chi connectivity index (χ4v) is 5.58. The minimum Gasteiger partial charge on any atom is -0.481 e. The summed E-state index contributed by atoms with van der Waals surface area (Å²) >= 11 is 6.88. The van der Waals surface area contributed by atoms with E-state index in [0.717, 1.165) is 48.8 Å². The van der Waals surface area contributed by atoms with Crippen molar-refractivity contribution in [3.63, 3.8) is 0 Å². The van der Waals surface area contributed by atoms with Crippen LogP contribution >= 0.6 is 11.6 Å². The Hall–Kier alpha value is -3.86. The summed E-state index contributed by atoms with van der Waals surface area (Å²) in [7, 11) is 0. The molecule has 1 aliphatic rings. The van der Waals surface area contributed by atoms with Gasteiger partial charge in [-0.2, -0.15) is 0 Å². The largest absolute Gasteiger partial charge is 0.481 e. The van der Waals surface area contributed by atoms with Gasteiger partial charge in [-0.05, 0) is 40.3 Å². The molecule has 5 aromatic rings. The second-order valence-electron chi connectivity index (χ2n) is 10.1. The van der Waals surface area contributed by atoms with Crippen LogP contribution in [0.5, 0.6) is 11.6 Å². The molecule has 0 amide bonds. The maximum Gasteiger partial charge on any atom is 0.221 e. The van der Waals surface area contributed by atoms with Gasteiger partial charge in [-0.3, -0.25) is 4.90 Å². The van der Waals surface area contributed by atoms with Crippen molar-refractivity contribution in [1.29, 1.82) is 0 Å². The first kappa shape index (κ1) is 25.4. The smallest absolute Gasteiger partial charge is 0.221 e. The normalized spacial score (nSPS) is 15.2. The van der Waals surface area contributed by atoms with E-state index in [9.17, 15) is 0 Å². The first-order valence-electron chi connectivity index (χ1n) is 13.4. The van der Waals surface area contributed by atoms with Gasteiger partial charge in [-0.15, -0.1) is 0 Å². The van der Waals surface area contributed by atoms with Crippen molar-refractivity contribution >= 4 is 22.4 Å². The monoisotopic (exact) mass is 534 g/mol. The van der Waals surface area contributed by atoms with Crippen molar-refractivity contribution in [1.82, 2.24) is 9.88 Å². The van der Waals surface area contributed by atoms with E-state index in [1.807, 2.05) is 48.5 Å². The van der Waals surface area contributed by atoms with E-state index in [4.69, 9.17) is 21.1 Å². The Labute approximate surface area is 234 Å². The first-order chi connectivity index (χ1) is 19.2. The SMILES string of the molecule is Clc1cc2c(OCc3ccccc3)nccc2cc1OC1(c2ccccc2)CCN(Cc2ccccc2)CC1. The lowest BCUT2D eigenvalue weighted by molar-refractivity contribution is -0.00478. The Balaban J connectivity index is 1.25. The maximum absolute atomic E-state index is 6.92. The number of aromatic nitrogens is 1. The summed E-state index contributed by atoms with van der Waals surface area (Å²) in [5.74, 6) is 1.25. The molecule has 0 unspecified atom stereocenters. The molecular formula is C34H31ClN2O2. The second-order valence-corrected chi connectivity index (χ2v) is 10.5. The van der Waals surface area contributed by atoms with Gasteiger partial charge in [0.25, 0.3) is 0 Å². The van der Waals surface area contributed by atoms with Gasteiger partial charge in [0.2, 0.25) is 5.88 Å². The highest BCUT2D eigenvalue weighted by atomic mass is 35.5. The number of pyridine rings is 1. The van der Waals surface area contributed by atoms with Crippen LogP contribution in [0.1, 0.15) is 29.5 Å². The van der Waals surface area contributed by atoms with E-state index in [2.05, 4.69) is 70.5 Å². The molecule has 2 heterocycles. The van der Waals surface area contributed by atoms with E-state index in [1.165, 1.54) is 11.1 Å². The van der Waals surface area contributed by atoms with Crippen molar-refractivity contribution in [3.05, 3.63) is 137 Å². The Morgan fingerprint density at radius 1 is 0.769 bits per heavy atom. The highest BCUT2D eigenvalue weighted by Gasteiger charge is 2.39. The zero-order valence-electron chi connectivity index (χ0n) is 21.8. The van der Waals surface area contributed by atoms with Crippen molar-refractivity contribution in [2.24, 2.45) is 0 Å². The predicted molar refractivity (Wildman–Crippen MR) is 157 cm³/mol. The van der Waals surface area contributed by atoms with Crippen LogP contribution in [0.25, 0.3) is 10.8 Å². The molecule has 1 aromatic heterocycles. The fraction of sp³-hybridized carbons (Fsp3) is 0.206. The summed E-state index contributed by atoms with van der Waals surface area (Å²) in [4.78, 5) is 6.99. The molecule has 6 rings (SSSR count). The molecule has 0 N–H and O–H groups in total.